The Morgan fingerprint density at radius 3 is 2.32 bits per heavy atom. The van der Waals surface area contributed by atoms with Crippen LogP contribution in [0.1, 0.15) is 46.0 Å². The van der Waals surface area contributed by atoms with Gasteiger partial charge in [-0.3, -0.25) is 9.69 Å². The molecule has 3 unspecified atom stereocenters. The fourth-order valence-electron chi connectivity index (χ4n) is 9.06. The largest absolute Gasteiger partial charge is 0.378 e. The molecule has 1 aromatic heterocycles. The first-order chi connectivity index (χ1) is 22.5. The predicted octanol–water partition coefficient (Wildman–Crippen LogP) is 3.31. The number of nitrogens with one attached hydrogen (secondary N) is 1. The zero-order valence-corrected chi connectivity index (χ0v) is 28.2. The Hall–Kier alpha value is -3.42. The Balaban J connectivity index is 0.988. The number of rotatable bonds is 9. The van der Waals surface area contributed by atoms with Crippen molar-refractivity contribution < 1.29 is 22.7 Å². The number of nitrogens with two attached hydrogens (primary N) is 1. The van der Waals surface area contributed by atoms with Gasteiger partial charge in [0.05, 0.1) is 41.7 Å². The number of aromatic nitrogens is 1. The van der Waals surface area contributed by atoms with Gasteiger partial charge < -0.3 is 25.6 Å². The number of nitrogens with zero attached hydrogens (tertiary/aromatic N) is 5. The number of primary amides is 1. The lowest BCUT2D eigenvalue weighted by Crippen LogP contribution is -2.63. The van der Waals surface area contributed by atoms with Crippen molar-refractivity contribution in [2.24, 2.45) is 28.9 Å². The minimum absolute atomic E-state index is 0.00252. The fourth-order valence-corrected chi connectivity index (χ4v) is 10.3. The van der Waals surface area contributed by atoms with Gasteiger partial charge in [0, 0.05) is 50.7 Å². The van der Waals surface area contributed by atoms with Crippen molar-refractivity contribution in [3.05, 3.63) is 42.6 Å². The van der Waals surface area contributed by atoms with Crippen molar-refractivity contribution in [2.75, 3.05) is 66.3 Å². The molecule has 3 amide bonds. The van der Waals surface area contributed by atoms with Crippen LogP contribution < -0.4 is 25.8 Å². The van der Waals surface area contributed by atoms with Crippen molar-refractivity contribution in [2.45, 2.75) is 58.1 Å². The van der Waals surface area contributed by atoms with Gasteiger partial charge in [0.1, 0.15) is 5.82 Å². The van der Waals surface area contributed by atoms with Crippen molar-refractivity contribution in [1.82, 2.24) is 14.6 Å². The first kappa shape index (κ1) is 32.1. The zero-order valence-electron chi connectivity index (χ0n) is 27.4. The Morgan fingerprint density at radius 1 is 0.979 bits per heavy atom. The van der Waals surface area contributed by atoms with Gasteiger partial charge in [-0.15, -0.1) is 0 Å². The number of hydrogen-bond donors (Lipinski definition) is 2. The first-order valence-corrected chi connectivity index (χ1v) is 18.7. The summed E-state index contributed by atoms with van der Waals surface area (Å²) in [6.07, 6.45) is 6.46. The smallest absolute Gasteiger partial charge is 0.322 e. The van der Waals surface area contributed by atoms with E-state index in [0.717, 1.165) is 55.0 Å². The lowest BCUT2D eigenvalue weighted by atomic mass is 9.47. The minimum Gasteiger partial charge on any atom is -0.378 e. The van der Waals surface area contributed by atoms with Gasteiger partial charge >= 0.3 is 6.03 Å². The number of benzene rings is 1. The van der Waals surface area contributed by atoms with Crippen LogP contribution >= 0.6 is 0 Å². The molecule has 5 fully saturated rings. The van der Waals surface area contributed by atoms with Crippen LogP contribution in [0.5, 0.6) is 0 Å². The molecule has 4 bridgehead atoms. The molecule has 12 nitrogen and oxygen atoms in total. The lowest BCUT2D eigenvalue weighted by molar-refractivity contribution is -0.145. The zero-order chi connectivity index (χ0) is 32.9. The number of urea groups is 1. The molecule has 4 aliphatic carbocycles. The molecule has 3 N–H and O–H groups in total. The normalized spacial score (nSPS) is 28.9. The topological polar surface area (TPSA) is 141 Å². The summed E-state index contributed by atoms with van der Waals surface area (Å²) in [7, 11) is -3.35. The molecule has 4 saturated carbocycles. The first-order valence-electron chi connectivity index (χ1n) is 17.1. The number of carbonyl (C=O) groups is 2. The molecule has 13 heteroatoms. The molecule has 3 heterocycles. The molecular formula is C34H47N7O5S. The highest BCUT2D eigenvalue weighted by Crippen LogP contribution is 2.60. The lowest BCUT2D eigenvalue weighted by Gasteiger charge is -2.59. The van der Waals surface area contributed by atoms with Crippen LogP contribution in [-0.2, 0) is 19.6 Å². The molecule has 6 aliphatic rings. The van der Waals surface area contributed by atoms with Crippen molar-refractivity contribution in [1.29, 1.82) is 0 Å². The monoisotopic (exact) mass is 665 g/mol. The van der Waals surface area contributed by atoms with Crippen molar-refractivity contribution >= 4 is 44.8 Å². The maximum absolute atomic E-state index is 13.8. The van der Waals surface area contributed by atoms with E-state index in [-0.39, 0.29) is 41.9 Å². The van der Waals surface area contributed by atoms with Crippen LogP contribution in [0.2, 0.25) is 0 Å². The third-order valence-electron chi connectivity index (χ3n) is 11.1. The third kappa shape index (κ3) is 6.17. The molecular weight excluding hydrogens is 618 g/mol. The Labute approximate surface area is 277 Å². The molecule has 0 radical (unpaired) electrons. The molecule has 8 rings (SSSR count). The second kappa shape index (κ2) is 12.6. The number of amides is 3. The van der Waals surface area contributed by atoms with Crippen LogP contribution in [0.25, 0.3) is 0 Å². The molecule has 5 atom stereocenters. The van der Waals surface area contributed by atoms with Crippen LogP contribution in [-0.4, -0.2) is 93.4 Å². The van der Waals surface area contributed by atoms with Crippen LogP contribution in [0.3, 0.4) is 0 Å². The van der Waals surface area contributed by atoms with E-state index < -0.39 is 10.0 Å². The van der Waals surface area contributed by atoms with Crippen molar-refractivity contribution in [3.8, 4) is 0 Å². The number of hydrogen-bond acceptors (Lipinski definition) is 8. The summed E-state index contributed by atoms with van der Waals surface area (Å²) in [4.78, 5) is 37.2. The summed E-state index contributed by atoms with van der Waals surface area (Å²) in [5, 5.41) is 3.40. The van der Waals surface area contributed by atoms with E-state index in [1.807, 2.05) is 61.3 Å². The molecule has 2 aliphatic heterocycles. The Kier molecular flexibility index (Phi) is 8.58. The Bertz CT molecular complexity index is 1580. The third-order valence-corrected chi connectivity index (χ3v) is 13.0. The highest BCUT2D eigenvalue weighted by molar-refractivity contribution is 7.89. The molecule has 2 aromatic rings. The van der Waals surface area contributed by atoms with E-state index in [1.54, 1.807) is 4.31 Å². The second-order valence-corrected chi connectivity index (χ2v) is 16.5. The average molecular weight is 666 g/mol. The number of anilines is 4. The van der Waals surface area contributed by atoms with E-state index in [1.165, 1.54) is 0 Å². The summed E-state index contributed by atoms with van der Waals surface area (Å²) in [6.45, 7) is 7.15. The number of para-hydroxylation sites is 2. The SMILES string of the molecule is CC(C)OCCS(=O)(=O)N1CCN(c2ccc(N3CCN(C(=O)NC4[C@@H]5CC6C[C@H]4CC(C(N)=O)(C6)C5)c4ccccc43)nc2)CC1. The maximum Gasteiger partial charge on any atom is 0.322 e. The van der Waals surface area contributed by atoms with Crippen molar-refractivity contribution in [3.63, 3.8) is 0 Å². The highest BCUT2D eigenvalue weighted by Gasteiger charge is 2.58. The molecule has 0 spiro atoms. The molecule has 1 saturated heterocycles. The highest BCUT2D eigenvalue weighted by atomic mass is 32.2. The summed E-state index contributed by atoms with van der Waals surface area (Å²) in [6, 6.07) is 12.0. The molecule has 254 valence electrons. The number of ether oxygens (including phenoxy) is 1. The molecule has 1 aromatic carbocycles. The fraction of sp³-hybridized carbons (Fsp3) is 0.618. The predicted molar refractivity (Wildman–Crippen MR) is 181 cm³/mol. The Morgan fingerprint density at radius 2 is 1.68 bits per heavy atom. The summed E-state index contributed by atoms with van der Waals surface area (Å²) >= 11 is 0. The number of carbonyl (C=O) groups excluding carboxylic acids is 2. The average Bonchev–Trinajstić information content (AvgIpc) is 3.05. The van der Waals surface area contributed by atoms with E-state index >= 15 is 0 Å². The van der Waals surface area contributed by atoms with E-state index in [0.29, 0.717) is 57.0 Å². The van der Waals surface area contributed by atoms with E-state index in [4.69, 9.17) is 15.5 Å². The van der Waals surface area contributed by atoms with Gasteiger partial charge in [-0.25, -0.2) is 18.2 Å². The van der Waals surface area contributed by atoms with Gasteiger partial charge in [-0.2, -0.15) is 4.31 Å². The van der Waals surface area contributed by atoms with Gasteiger partial charge in [-0.1, -0.05) is 12.1 Å². The van der Waals surface area contributed by atoms with Crippen LogP contribution in [0.4, 0.5) is 27.7 Å². The van der Waals surface area contributed by atoms with Crippen LogP contribution in [0.15, 0.2) is 42.6 Å². The number of fused-ring (bicyclic) bond motifs is 1. The van der Waals surface area contributed by atoms with Gasteiger partial charge in [0.15, 0.2) is 0 Å². The summed E-state index contributed by atoms with van der Waals surface area (Å²) in [5.74, 6) is 1.77. The van der Waals surface area contributed by atoms with Crippen LogP contribution in [0, 0.1) is 23.2 Å². The minimum atomic E-state index is -3.35. The summed E-state index contributed by atoms with van der Waals surface area (Å²) in [5.41, 5.74) is 8.22. The molecule has 47 heavy (non-hydrogen) atoms. The second-order valence-electron chi connectivity index (χ2n) is 14.4. The number of pyridine rings is 1. The van der Waals surface area contributed by atoms with Gasteiger partial charge in [-0.05, 0) is 88.0 Å². The number of piperazine rings is 1. The summed E-state index contributed by atoms with van der Waals surface area (Å²) < 4.78 is 32.5. The quantitative estimate of drug-likeness (QED) is 0.416. The van der Waals surface area contributed by atoms with E-state index in [9.17, 15) is 18.0 Å². The maximum atomic E-state index is 13.8. The van der Waals surface area contributed by atoms with Gasteiger partial charge in [0.25, 0.3) is 0 Å². The van der Waals surface area contributed by atoms with E-state index in [2.05, 4.69) is 15.1 Å². The standard InChI is InChI=1S/C34H47N7O5S/c1-23(2)46-15-16-47(44,45)39-11-9-38(10-12-39)27-7-8-30(36-22-27)40-13-14-41(29-6-4-3-5-28(29)40)33(43)37-31-25-17-24-18-26(31)21-34(19-24,20-25)32(35)42/h3-8,22-26,31H,9-21H2,1-2H3,(H2,35,42)(H,37,43)/t24?,25-,26+,31?,34?. The van der Waals surface area contributed by atoms with Gasteiger partial charge in [0.2, 0.25) is 15.9 Å². The number of sulfonamides is 1.